The molecule has 29 heavy (non-hydrogen) atoms. The van der Waals surface area contributed by atoms with Crippen molar-refractivity contribution in [3.63, 3.8) is 0 Å². The molecule has 0 aliphatic heterocycles. The molecular formula is C27H39NO. The minimum Gasteiger partial charge on any atom is -0.492 e. The summed E-state index contributed by atoms with van der Waals surface area (Å²) in [5.41, 5.74) is 3.66. The molecule has 0 atom stereocenters. The molecule has 2 nitrogen and oxygen atoms in total. The van der Waals surface area contributed by atoms with E-state index in [4.69, 9.17) is 4.74 Å². The minimum atomic E-state index is 0.746. The van der Waals surface area contributed by atoms with Gasteiger partial charge in [-0.05, 0) is 48.8 Å². The summed E-state index contributed by atoms with van der Waals surface area (Å²) >= 11 is 0. The zero-order valence-corrected chi connectivity index (χ0v) is 18.5. The third-order valence-electron chi connectivity index (χ3n) is 6.48. The van der Waals surface area contributed by atoms with Crippen molar-refractivity contribution >= 4 is 0 Å². The van der Waals surface area contributed by atoms with Crippen LogP contribution in [0.25, 0.3) is 11.3 Å². The molecule has 0 saturated heterocycles. The Morgan fingerprint density at radius 1 is 0.828 bits per heavy atom. The molecule has 1 aliphatic carbocycles. The Hall–Kier alpha value is -1.83. The van der Waals surface area contributed by atoms with Crippen LogP contribution in [0.4, 0.5) is 0 Å². The van der Waals surface area contributed by atoms with Crippen LogP contribution in [0.5, 0.6) is 5.75 Å². The largest absolute Gasteiger partial charge is 0.492 e. The lowest BCUT2D eigenvalue weighted by molar-refractivity contribution is 0.249. The highest BCUT2D eigenvalue weighted by Crippen LogP contribution is 2.34. The first-order valence-electron chi connectivity index (χ1n) is 12.0. The molecule has 2 heteroatoms. The Morgan fingerprint density at radius 2 is 1.55 bits per heavy atom. The molecule has 3 rings (SSSR count). The van der Waals surface area contributed by atoms with Gasteiger partial charge in [0.05, 0.1) is 18.5 Å². The van der Waals surface area contributed by atoms with E-state index >= 15 is 0 Å². The zero-order chi connectivity index (χ0) is 20.3. The summed E-state index contributed by atoms with van der Waals surface area (Å²) in [6.45, 7) is 5.17. The highest BCUT2D eigenvalue weighted by molar-refractivity contribution is 5.59. The van der Waals surface area contributed by atoms with Crippen LogP contribution in [0.2, 0.25) is 0 Å². The lowest BCUT2D eigenvalue weighted by Gasteiger charge is -2.28. The molecule has 1 saturated carbocycles. The maximum atomic E-state index is 5.62. The zero-order valence-electron chi connectivity index (χ0n) is 18.5. The van der Waals surface area contributed by atoms with E-state index in [0.29, 0.717) is 0 Å². The van der Waals surface area contributed by atoms with Crippen LogP contribution in [0.15, 0.2) is 42.6 Å². The molecule has 0 amide bonds. The lowest BCUT2D eigenvalue weighted by Crippen LogP contribution is -2.15. The number of benzene rings is 1. The van der Waals surface area contributed by atoms with Crippen LogP contribution >= 0.6 is 0 Å². The summed E-state index contributed by atoms with van der Waals surface area (Å²) in [7, 11) is 0. The van der Waals surface area contributed by atoms with E-state index in [1.165, 1.54) is 75.3 Å². The second-order valence-corrected chi connectivity index (χ2v) is 8.85. The highest BCUT2D eigenvalue weighted by Gasteiger charge is 2.20. The molecule has 0 unspecified atom stereocenters. The van der Waals surface area contributed by atoms with E-state index in [1.807, 2.05) is 12.3 Å². The van der Waals surface area contributed by atoms with Crippen LogP contribution in [-0.2, 0) is 6.42 Å². The molecule has 0 bridgehead atoms. The van der Waals surface area contributed by atoms with Crippen molar-refractivity contribution in [3.05, 3.63) is 48.2 Å². The topological polar surface area (TPSA) is 22.1 Å². The van der Waals surface area contributed by atoms with Gasteiger partial charge >= 0.3 is 0 Å². The monoisotopic (exact) mass is 393 g/mol. The quantitative estimate of drug-likeness (QED) is 0.362. The first-order valence-corrected chi connectivity index (χ1v) is 12.0. The highest BCUT2D eigenvalue weighted by atomic mass is 16.5. The number of nitrogens with zero attached hydrogens (tertiary/aromatic N) is 1. The minimum absolute atomic E-state index is 0.746. The van der Waals surface area contributed by atoms with Gasteiger partial charge in [0, 0.05) is 5.56 Å². The molecule has 1 aromatic carbocycles. The smallest absolute Gasteiger partial charge is 0.137 e. The number of unbranched alkanes of at least 4 members (excludes halogenated alkanes) is 2. The van der Waals surface area contributed by atoms with Crippen molar-refractivity contribution in [2.75, 3.05) is 6.61 Å². The molecule has 0 radical (unpaired) electrons. The van der Waals surface area contributed by atoms with Gasteiger partial charge in [-0.1, -0.05) is 89.5 Å². The molecule has 2 aromatic rings. The average molecular weight is 394 g/mol. The summed E-state index contributed by atoms with van der Waals surface area (Å²) in [6.07, 6.45) is 16.9. The number of hydrogen-bond donors (Lipinski definition) is 0. The third-order valence-corrected chi connectivity index (χ3v) is 6.48. The Balaban J connectivity index is 1.42. The number of ether oxygens (including phenoxy) is 1. The normalized spacial score (nSPS) is 19.2. The third kappa shape index (κ3) is 7.17. The van der Waals surface area contributed by atoms with Crippen LogP contribution in [0.1, 0.15) is 83.6 Å². The van der Waals surface area contributed by atoms with Crippen molar-refractivity contribution in [3.8, 4) is 17.0 Å². The molecule has 0 N–H and O–H groups in total. The predicted molar refractivity (Wildman–Crippen MR) is 123 cm³/mol. The first kappa shape index (κ1) is 21.9. The predicted octanol–water partition coefficient (Wildman–Crippen LogP) is 7.86. The van der Waals surface area contributed by atoms with Crippen LogP contribution in [0, 0.1) is 11.8 Å². The molecule has 1 fully saturated rings. The van der Waals surface area contributed by atoms with Crippen molar-refractivity contribution in [1.29, 1.82) is 0 Å². The van der Waals surface area contributed by atoms with E-state index in [-0.39, 0.29) is 0 Å². The van der Waals surface area contributed by atoms with E-state index in [0.717, 1.165) is 36.3 Å². The summed E-state index contributed by atoms with van der Waals surface area (Å²) < 4.78 is 5.62. The van der Waals surface area contributed by atoms with Gasteiger partial charge < -0.3 is 4.74 Å². The lowest BCUT2D eigenvalue weighted by atomic mass is 9.78. The second kappa shape index (κ2) is 12.0. The van der Waals surface area contributed by atoms with Gasteiger partial charge in [-0.3, -0.25) is 4.98 Å². The van der Waals surface area contributed by atoms with Gasteiger partial charge in [-0.15, -0.1) is 0 Å². The fourth-order valence-corrected chi connectivity index (χ4v) is 4.56. The number of aryl methyl sites for hydroxylation is 1. The molecular weight excluding hydrogens is 354 g/mol. The Kier molecular flexibility index (Phi) is 9.05. The van der Waals surface area contributed by atoms with Gasteiger partial charge in [-0.2, -0.15) is 0 Å². The van der Waals surface area contributed by atoms with Gasteiger partial charge in [0.1, 0.15) is 5.75 Å². The van der Waals surface area contributed by atoms with Crippen LogP contribution in [-0.4, -0.2) is 11.6 Å². The number of hydrogen-bond acceptors (Lipinski definition) is 2. The Bertz CT molecular complexity index is 683. The van der Waals surface area contributed by atoms with Gasteiger partial charge in [-0.25, -0.2) is 0 Å². The van der Waals surface area contributed by atoms with E-state index in [1.54, 1.807) is 0 Å². The van der Waals surface area contributed by atoms with Gasteiger partial charge in [0.2, 0.25) is 0 Å². The maximum Gasteiger partial charge on any atom is 0.137 e. The Morgan fingerprint density at radius 3 is 2.17 bits per heavy atom. The Labute approximate surface area is 178 Å². The van der Waals surface area contributed by atoms with Crippen LogP contribution < -0.4 is 4.74 Å². The van der Waals surface area contributed by atoms with E-state index < -0.39 is 0 Å². The molecule has 158 valence electrons. The summed E-state index contributed by atoms with van der Waals surface area (Å²) in [5.74, 6) is 2.81. The molecule has 1 aliphatic rings. The van der Waals surface area contributed by atoms with Crippen LogP contribution in [0.3, 0.4) is 0 Å². The van der Waals surface area contributed by atoms with Gasteiger partial charge in [0.15, 0.2) is 0 Å². The second-order valence-electron chi connectivity index (χ2n) is 8.85. The summed E-state index contributed by atoms with van der Waals surface area (Å²) in [6, 6.07) is 13.1. The van der Waals surface area contributed by atoms with E-state index in [2.05, 4.69) is 49.2 Å². The van der Waals surface area contributed by atoms with Crippen molar-refractivity contribution in [1.82, 2.24) is 4.98 Å². The van der Waals surface area contributed by atoms with Crippen molar-refractivity contribution in [2.24, 2.45) is 11.8 Å². The summed E-state index contributed by atoms with van der Waals surface area (Å²) in [4.78, 5) is 4.56. The molecule has 1 heterocycles. The summed E-state index contributed by atoms with van der Waals surface area (Å²) in [5, 5.41) is 0. The fraction of sp³-hybridized carbons (Fsp3) is 0.593. The van der Waals surface area contributed by atoms with Crippen molar-refractivity contribution < 1.29 is 4.74 Å². The SMILES string of the molecule is CCCCC[C@H]1CC[C@H](CCc2ccc(-c3ccc(OCCC)cn3)cc2)CC1. The number of pyridine rings is 1. The number of rotatable bonds is 11. The van der Waals surface area contributed by atoms with Crippen molar-refractivity contribution in [2.45, 2.75) is 84.5 Å². The average Bonchev–Trinajstić information content (AvgIpc) is 2.78. The standard InChI is InChI=1S/C27H39NO/c1-3-5-6-7-22-8-10-23(11-9-22)12-13-24-14-16-25(17-15-24)27-19-18-26(21-28-27)29-20-4-2/h14-19,21-23H,3-13,20H2,1-2H3/t22-,23-. The molecule has 1 aromatic heterocycles. The van der Waals surface area contributed by atoms with E-state index in [9.17, 15) is 0 Å². The maximum absolute atomic E-state index is 5.62. The first-order chi connectivity index (χ1) is 14.3. The molecule has 0 spiro atoms. The number of aromatic nitrogens is 1. The fourth-order valence-electron chi connectivity index (χ4n) is 4.56. The van der Waals surface area contributed by atoms with Gasteiger partial charge in [0.25, 0.3) is 0 Å².